The fourth-order valence-corrected chi connectivity index (χ4v) is 2.78. The molecule has 0 atom stereocenters. The summed E-state index contributed by atoms with van der Waals surface area (Å²) in [5, 5.41) is 2.18. The summed E-state index contributed by atoms with van der Waals surface area (Å²) in [6, 6.07) is 2.22. The molecule has 0 aliphatic heterocycles. The Bertz CT molecular complexity index is 191. The van der Waals surface area contributed by atoms with E-state index in [-0.39, 0.29) is 0 Å². The smallest absolute Gasteiger partial charge is 0.0211 e. The minimum absolute atomic E-state index is 1.18. The van der Waals surface area contributed by atoms with E-state index in [1.807, 2.05) is 23.1 Å². The molecule has 1 aromatic heterocycles. The number of thiophene rings is 1. The lowest BCUT2D eigenvalue weighted by atomic mass is 10.4. The van der Waals surface area contributed by atoms with Crippen LogP contribution in [0.1, 0.15) is 18.7 Å². The molecule has 0 aliphatic carbocycles. The molecule has 2 heteroatoms. The van der Waals surface area contributed by atoms with Gasteiger partial charge in [-0.25, -0.2) is 0 Å². The lowest BCUT2D eigenvalue weighted by Gasteiger charge is -1.96. The molecular weight excluding hydrogens is 160 g/mol. The molecule has 0 nitrogen and oxygen atoms in total. The Labute approximate surface area is 70.7 Å². The Morgan fingerprint density at radius 2 is 2.30 bits per heavy atom. The topological polar surface area (TPSA) is 0 Å². The van der Waals surface area contributed by atoms with E-state index >= 15 is 0 Å². The highest BCUT2D eigenvalue weighted by molar-refractivity contribution is 7.99. The van der Waals surface area contributed by atoms with Crippen LogP contribution in [0.15, 0.2) is 16.3 Å². The van der Waals surface area contributed by atoms with E-state index in [9.17, 15) is 0 Å². The minimum Gasteiger partial charge on any atom is -0.148 e. The van der Waals surface area contributed by atoms with Gasteiger partial charge in [0.05, 0.1) is 0 Å². The highest BCUT2D eigenvalue weighted by atomic mass is 32.2. The molecule has 0 radical (unpaired) electrons. The molecule has 0 amide bonds. The summed E-state index contributed by atoms with van der Waals surface area (Å²) in [6.07, 6.45) is 1.18. The maximum atomic E-state index is 2.22. The van der Waals surface area contributed by atoms with Crippen LogP contribution in [0.4, 0.5) is 0 Å². The van der Waals surface area contributed by atoms with Gasteiger partial charge in [0.1, 0.15) is 0 Å². The van der Waals surface area contributed by atoms with Crippen LogP contribution in [0.3, 0.4) is 0 Å². The van der Waals surface area contributed by atoms with Crippen LogP contribution in [0, 0.1) is 0 Å². The Morgan fingerprint density at radius 1 is 1.50 bits per heavy atom. The van der Waals surface area contributed by atoms with Crippen LogP contribution >= 0.6 is 23.1 Å². The molecule has 1 heterocycles. The highest BCUT2D eigenvalue weighted by Crippen LogP contribution is 2.27. The lowest BCUT2D eigenvalue weighted by molar-refractivity contribution is 1.14. The first-order valence-electron chi connectivity index (χ1n) is 3.57. The largest absolute Gasteiger partial charge is 0.148 e. The first-order chi connectivity index (χ1) is 4.88. The fourth-order valence-electron chi connectivity index (χ4n) is 0.871. The molecule has 0 fully saturated rings. The van der Waals surface area contributed by atoms with Crippen LogP contribution in [0.2, 0.25) is 0 Å². The van der Waals surface area contributed by atoms with E-state index in [0.29, 0.717) is 0 Å². The van der Waals surface area contributed by atoms with Gasteiger partial charge in [0.2, 0.25) is 0 Å². The van der Waals surface area contributed by atoms with Crippen molar-refractivity contribution in [3.63, 3.8) is 0 Å². The molecular formula is C8H12S2. The predicted octanol–water partition coefficient (Wildman–Crippen LogP) is 3.42. The molecule has 0 saturated heterocycles. The average molecular weight is 172 g/mol. The molecule has 0 bridgehead atoms. The summed E-state index contributed by atoms with van der Waals surface area (Å²) in [6.45, 7) is 4.41. The van der Waals surface area contributed by atoms with Gasteiger partial charge >= 0.3 is 0 Å². The van der Waals surface area contributed by atoms with Crippen molar-refractivity contribution in [3.8, 4) is 0 Å². The van der Waals surface area contributed by atoms with Gasteiger partial charge in [0.15, 0.2) is 0 Å². The summed E-state index contributed by atoms with van der Waals surface area (Å²) in [5.74, 6) is 1.18. The van der Waals surface area contributed by atoms with Crippen molar-refractivity contribution in [2.24, 2.45) is 0 Å². The van der Waals surface area contributed by atoms with Crippen molar-refractivity contribution in [2.45, 2.75) is 25.2 Å². The molecule has 0 aromatic carbocycles. The third-order valence-electron chi connectivity index (χ3n) is 1.33. The van der Waals surface area contributed by atoms with Crippen LogP contribution in [0.25, 0.3) is 0 Å². The fraction of sp³-hybridized carbons (Fsp3) is 0.500. The predicted molar refractivity (Wildman–Crippen MR) is 50.1 cm³/mol. The van der Waals surface area contributed by atoms with E-state index < -0.39 is 0 Å². The van der Waals surface area contributed by atoms with Crippen molar-refractivity contribution in [1.82, 2.24) is 0 Å². The second-order valence-electron chi connectivity index (χ2n) is 1.99. The number of aryl methyl sites for hydroxylation is 1. The Balaban J connectivity index is 2.70. The van der Waals surface area contributed by atoms with E-state index in [2.05, 4.69) is 25.3 Å². The summed E-state index contributed by atoms with van der Waals surface area (Å²) < 4.78 is 0. The molecule has 0 saturated carbocycles. The van der Waals surface area contributed by atoms with E-state index in [1.54, 1.807) is 0 Å². The molecule has 56 valence electrons. The maximum absolute atomic E-state index is 2.22. The summed E-state index contributed by atoms with van der Waals surface area (Å²) >= 11 is 3.81. The number of thioether (sulfide) groups is 1. The van der Waals surface area contributed by atoms with Crippen molar-refractivity contribution in [1.29, 1.82) is 0 Å². The monoisotopic (exact) mass is 172 g/mol. The molecule has 0 N–H and O–H groups in total. The van der Waals surface area contributed by atoms with Crippen molar-refractivity contribution in [3.05, 3.63) is 16.3 Å². The van der Waals surface area contributed by atoms with E-state index in [1.165, 1.54) is 21.9 Å². The van der Waals surface area contributed by atoms with Gasteiger partial charge in [-0.15, -0.1) is 23.1 Å². The van der Waals surface area contributed by atoms with Crippen molar-refractivity contribution in [2.75, 3.05) is 5.75 Å². The summed E-state index contributed by atoms with van der Waals surface area (Å²) in [5.41, 5.74) is 0. The Morgan fingerprint density at radius 3 is 2.90 bits per heavy atom. The second kappa shape index (κ2) is 4.04. The Hall–Kier alpha value is 0.0500. The zero-order valence-corrected chi connectivity index (χ0v) is 8.02. The van der Waals surface area contributed by atoms with Crippen LogP contribution in [-0.4, -0.2) is 5.75 Å². The molecule has 10 heavy (non-hydrogen) atoms. The molecule has 1 rings (SSSR count). The SMILES string of the molecule is CCSc1ccsc1CC. The van der Waals surface area contributed by atoms with Gasteiger partial charge in [0, 0.05) is 9.77 Å². The quantitative estimate of drug-likeness (QED) is 0.629. The zero-order valence-electron chi connectivity index (χ0n) is 6.39. The van der Waals surface area contributed by atoms with Crippen LogP contribution in [0.5, 0.6) is 0 Å². The average Bonchev–Trinajstić information content (AvgIpc) is 2.36. The first kappa shape index (κ1) is 8.15. The van der Waals surface area contributed by atoms with E-state index in [0.717, 1.165) is 0 Å². The van der Waals surface area contributed by atoms with Gasteiger partial charge in [0.25, 0.3) is 0 Å². The van der Waals surface area contributed by atoms with Gasteiger partial charge in [-0.1, -0.05) is 13.8 Å². The third kappa shape index (κ3) is 1.77. The minimum atomic E-state index is 1.18. The molecule has 1 aromatic rings. The summed E-state index contributed by atoms with van der Waals surface area (Å²) in [7, 11) is 0. The standard InChI is InChI=1S/C8H12S2/c1-3-7-8(9-4-2)5-6-10-7/h5-6H,3-4H2,1-2H3. The van der Waals surface area contributed by atoms with E-state index in [4.69, 9.17) is 0 Å². The number of hydrogen-bond donors (Lipinski definition) is 0. The Kier molecular flexibility index (Phi) is 3.29. The normalized spacial score (nSPS) is 10.2. The summed E-state index contributed by atoms with van der Waals surface area (Å²) in [4.78, 5) is 3.02. The zero-order chi connectivity index (χ0) is 7.40. The second-order valence-corrected chi connectivity index (χ2v) is 4.30. The first-order valence-corrected chi connectivity index (χ1v) is 5.44. The third-order valence-corrected chi connectivity index (χ3v) is 3.50. The van der Waals surface area contributed by atoms with Gasteiger partial charge < -0.3 is 0 Å². The number of hydrogen-bond acceptors (Lipinski definition) is 2. The molecule has 0 spiro atoms. The van der Waals surface area contributed by atoms with Gasteiger partial charge in [-0.05, 0) is 23.6 Å². The molecule has 0 aliphatic rings. The van der Waals surface area contributed by atoms with Crippen molar-refractivity contribution < 1.29 is 0 Å². The van der Waals surface area contributed by atoms with Crippen molar-refractivity contribution >= 4 is 23.1 Å². The lowest BCUT2D eigenvalue weighted by Crippen LogP contribution is -1.75. The number of rotatable bonds is 3. The van der Waals surface area contributed by atoms with Gasteiger partial charge in [-0.3, -0.25) is 0 Å². The maximum Gasteiger partial charge on any atom is 0.0211 e. The highest BCUT2D eigenvalue weighted by Gasteiger charge is 1.99. The van der Waals surface area contributed by atoms with Gasteiger partial charge in [-0.2, -0.15) is 0 Å². The van der Waals surface area contributed by atoms with Crippen LogP contribution in [-0.2, 0) is 6.42 Å². The molecule has 0 unspecified atom stereocenters. The van der Waals surface area contributed by atoms with Crippen LogP contribution < -0.4 is 0 Å².